The Morgan fingerprint density at radius 2 is 1.55 bits per heavy atom. The van der Waals surface area contributed by atoms with Gasteiger partial charge in [-0.3, -0.25) is 13.9 Å². The zero-order valence-electron chi connectivity index (χ0n) is 15.6. The van der Waals surface area contributed by atoms with Crippen LogP contribution in [0.5, 0.6) is 0 Å². The van der Waals surface area contributed by atoms with E-state index in [1.165, 1.54) is 41.6 Å². The third kappa shape index (κ3) is 2.97. The normalized spacial score (nSPS) is 11.9. The van der Waals surface area contributed by atoms with Crippen LogP contribution < -0.4 is 11.2 Å². The highest BCUT2D eigenvalue weighted by Crippen LogP contribution is 2.34. The van der Waals surface area contributed by atoms with E-state index >= 15 is 0 Å². The van der Waals surface area contributed by atoms with Crippen molar-refractivity contribution >= 4 is 10.9 Å². The fourth-order valence-corrected chi connectivity index (χ4v) is 3.46. The Morgan fingerprint density at radius 1 is 0.862 bits per heavy atom. The number of rotatable bonds is 2. The quantitative estimate of drug-likeness (QED) is 0.516. The molecule has 29 heavy (non-hydrogen) atoms. The molecule has 0 atom stereocenters. The van der Waals surface area contributed by atoms with Crippen LogP contribution in [0, 0.1) is 0 Å². The number of aromatic nitrogens is 3. The molecule has 2 aromatic heterocycles. The molecule has 0 spiro atoms. The molecule has 2 heterocycles. The highest BCUT2D eigenvalue weighted by atomic mass is 19.4. The van der Waals surface area contributed by atoms with Gasteiger partial charge in [-0.15, -0.1) is 0 Å². The zero-order chi connectivity index (χ0) is 20.9. The molecule has 0 aliphatic carbocycles. The summed E-state index contributed by atoms with van der Waals surface area (Å²) < 4.78 is 43.5. The van der Waals surface area contributed by atoms with Gasteiger partial charge < -0.3 is 4.57 Å². The lowest BCUT2D eigenvalue weighted by atomic mass is 10.1. The van der Waals surface area contributed by atoms with E-state index in [1.54, 1.807) is 30.3 Å². The van der Waals surface area contributed by atoms with Gasteiger partial charge in [0, 0.05) is 26.0 Å². The molecule has 0 fully saturated rings. The molecule has 4 rings (SSSR count). The van der Waals surface area contributed by atoms with Crippen molar-refractivity contribution in [2.45, 2.75) is 6.18 Å². The van der Waals surface area contributed by atoms with E-state index in [9.17, 15) is 22.8 Å². The summed E-state index contributed by atoms with van der Waals surface area (Å²) in [5.41, 5.74) is -0.157. The number of benzene rings is 2. The van der Waals surface area contributed by atoms with Crippen LogP contribution in [-0.2, 0) is 20.3 Å². The molecule has 5 nitrogen and oxygen atoms in total. The lowest BCUT2D eigenvalue weighted by molar-refractivity contribution is -0.137. The van der Waals surface area contributed by atoms with Crippen LogP contribution >= 0.6 is 0 Å². The Morgan fingerprint density at radius 3 is 2.21 bits per heavy atom. The van der Waals surface area contributed by atoms with Gasteiger partial charge in [0.05, 0.1) is 22.2 Å². The van der Waals surface area contributed by atoms with Gasteiger partial charge in [-0.05, 0) is 23.8 Å². The number of aryl methyl sites for hydroxylation is 1. The van der Waals surface area contributed by atoms with Gasteiger partial charge in [-0.2, -0.15) is 13.2 Å². The second-order valence-corrected chi connectivity index (χ2v) is 6.73. The van der Waals surface area contributed by atoms with Crippen LogP contribution in [0.25, 0.3) is 27.8 Å². The van der Waals surface area contributed by atoms with Gasteiger partial charge in [-0.25, -0.2) is 4.79 Å². The summed E-state index contributed by atoms with van der Waals surface area (Å²) in [4.78, 5) is 25.3. The summed E-state index contributed by atoms with van der Waals surface area (Å²) >= 11 is 0. The largest absolute Gasteiger partial charge is 0.416 e. The molecule has 0 saturated heterocycles. The van der Waals surface area contributed by atoms with E-state index in [-0.39, 0.29) is 11.1 Å². The molecule has 0 aliphatic rings. The van der Waals surface area contributed by atoms with Crippen molar-refractivity contribution in [1.82, 2.24) is 13.7 Å². The third-order valence-electron chi connectivity index (χ3n) is 4.94. The molecular weight excluding hydrogens is 383 g/mol. The average Bonchev–Trinajstić information content (AvgIpc) is 3.11. The zero-order valence-corrected chi connectivity index (χ0v) is 15.6. The first-order valence-electron chi connectivity index (χ1n) is 8.74. The van der Waals surface area contributed by atoms with E-state index < -0.39 is 23.0 Å². The summed E-state index contributed by atoms with van der Waals surface area (Å²) in [7, 11) is 2.90. The molecule has 0 unspecified atom stereocenters. The number of alkyl halides is 3. The van der Waals surface area contributed by atoms with Gasteiger partial charge >= 0.3 is 11.9 Å². The summed E-state index contributed by atoms with van der Waals surface area (Å²) in [5, 5.41) is 0.262. The maximum atomic E-state index is 13.2. The predicted octanol–water partition coefficient (Wildman–Crippen LogP) is 3.71. The highest BCUT2D eigenvalue weighted by Gasteiger charge is 2.31. The molecule has 2 aromatic carbocycles. The molecule has 8 heteroatoms. The Labute approximate surface area is 162 Å². The fourth-order valence-electron chi connectivity index (χ4n) is 3.46. The molecule has 0 aliphatic heterocycles. The molecule has 0 saturated carbocycles. The van der Waals surface area contributed by atoms with Crippen LogP contribution in [0.3, 0.4) is 0 Å². The van der Waals surface area contributed by atoms with Crippen molar-refractivity contribution in [1.29, 1.82) is 0 Å². The molecular formula is C21H16F3N3O2. The fraction of sp³-hybridized carbons (Fsp3) is 0.143. The highest BCUT2D eigenvalue weighted by molar-refractivity contribution is 5.94. The van der Waals surface area contributed by atoms with Gasteiger partial charge in [0.2, 0.25) is 0 Å². The van der Waals surface area contributed by atoms with Gasteiger partial charge in [0.25, 0.3) is 5.56 Å². The van der Waals surface area contributed by atoms with E-state index in [0.29, 0.717) is 16.8 Å². The van der Waals surface area contributed by atoms with Crippen LogP contribution in [0.15, 0.2) is 70.4 Å². The number of nitrogens with zero attached hydrogens (tertiary/aromatic N) is 3. The Balaban J connectivity index is 2.16. The minimum absolute atomic E-state index is 0.240. The predicted molar refractivity (Wildman–Crippen MR) is 104 cm³/mol. The maximum absolute atomic E-state index is 13.2. The van der Waals surface area contributed by atoms with Crippen molar-refractivity contribution in [3.63, 3.8) is 0 Å². The first kappa shape index (κ1) is 18.8. The second-order valence-electron chi connectivity index (χ2n) is 6.73. The smallest absolute Gasteiger partial charge is 0.314 e. The molecule has 0 amide bonds. The second kappa shape index (κ2) is 6.51. The lowest BCUT2D eigenvalue weighted by Gasteiger charge is -2.13. The summed E-state index contributed by atoms with van der Waals surface area (Å²) in [6.45, 7) is 0. The van der Waals surface area contributed by atoms with Crippen LogP contribution in [0.4, 0.5) is 13.2 Å². The molecule has 0 bridgehead atoms. The maximum Gasteiger partial charge on any atom is 0.416 e. The van der Waals surface area contributed by atoms with E-state index in [1.807, 2.05) is 0 Å². The third-order valence-corrected chi connectivity index (χ3v) is 4.94. The average molecular weight is 399 g/mol. The van der Waals surface area contributed by atoms with E-state index in [4.69, 9.17) is 0 Å². The number of hydrogen-bond acceptors (Lipinski definition) is 2. The summed E-state index contributed by atoms with van der Waals surface area (Å²) in [5.74, 6) is 0. The first-order valence-corrected chi connectivity index (χ1v) is 8.74. The van der Waals surface area contributed by atoms with Crippen LogP contribution in [-0.4, -0.2) is 13.7 Å². The van der Waals surface area contributed by atoms with E-state index in [2.05, 4.69) is 0 Å². The van der Waals surface area contributed by atoms with Crippen molar-refractivity contribution in [2.75, 3.05) is 0 Å². The number of halogens is 3. The van der Waals surface area contributed by atoms with Gasteiger partial charge in [0.15, 0.2) is 0 Å². The van der Waals surface area contributed by atoms with Gasteiger partial charge in [-0.1, -0.05) is 36.4 Å². The summed E-state index contributed by atoms with van der Waals surface area (Å²) in [6.07, 6.45) is -2.98. The van der Waals surface area contributed by atoms with Crippen molar-refractivity contribution in [3.8, 4) is 16.9 Å². The molecule has 4 aromatic rings. The molecule has 0 radical (unpaired) electrons. The van der Waals surface area contributed by atoms with Crippen molar-refractivity contribution in [2.24, 2.45) is 14.1 Å². The minimum atomic E-state index is -4.50. The Hall–Kier alpha value is -3.55. The SMILES string of the molecule is Cn1c(=O)c2c(-c3ccccc3)n(-c3cccc(C(F)(F)F)c3)cc2n(C)c1=O. The monoisotopic (exact) mass is 399 g/mol. The molecule has 148 valence electrons. The topological polar surface area (TPSA) is 48.9 Å². The minimum Gasteiger partial charge on any atom is -0.314 e. The van der Waals surface area contributed by atoms with Crippen molar-refractivity contribution < 1.29 is 13.2 Å². The Kier molecular flexibility index (Phi) is 4.22. The first-order chi connectivity index (χ1) is 13.7. The number of fused-ring (bicyclic) bond motifs is 1. The summed E-state index contributed by atoms with van der Waals surface area (Å²) in [6, 6.07) is 13.7. The lowest BCUT2D eigenvalue weighted by Crippen LogP contribution is -2.36. The Bertz CT molecular complexity index is 1350. The van der Waals surface area contributed by atoms with E-state index in [0.717, 1.165) is 16.7 Å². The van der Waals surface area contributed by atoms with Gasteiger partial charge in [0.1, 0.15) is 0 Å². The van der Waals surface area contributed by atoms with Crippen molar-refractivity contribution in [3.05, 3.63) is 87.2 Å². The van der Waals surface area contributed by atoms with Crippen LogP contribution in [0.2, 0.25) is 0 Å². The number of hydrogen-bond donors (Lipinski definition) is 0. The standard InChI is InChI=1S/C21H16F3N3O2/c1-25-16-12-27(15-10-6-9-14(11-15)21(22,23)24)18(13-7-4-3-5-8-13)17(16)19(28)26(2)20(25)29/h3-12H,1-2H3. The molecule has 0 N–H and O–H groups in total. The van der Waals surface area contributed by atoms with Crippen LogP contribution in [0.1, 0.15) is 5.56 Å².